The lowest BCUT2D eigenvalue weighted by molar-refractivity contribution is -0.115. The number of anilines is 2. The molecule has 8 nitrogen and oxygen atoms in total. The van der Waals surface area contributed by atoms with Crippen molar-refractivity contribution in [1.82, 2.24) is 14.5 Å². The normalized spacial score (nSPS) is 15.1. The van der Waals surface area contributed by atoms with E-state index < -0.39 is 10.0 Å². The fourth-order valence-corrected chi connectivity index (χ4v) is 5.43. The van der Waals surface area contributed by atoms with Crippen LogP contribution in [0.5, 0.6) is 0 Å². The number of amides is 1. The van der Waals surface area contributed by atoms with E-state index in [1.54, 1.807) is 30.4 Å². The molecule has 1 aromatic carbocycles. The largest absolute Gasteiger partial charge is 0.352 e. The Morgan fingerprint density at radius 2 is 1.77 bits per heavy atom. The van der Waals surface area contributed by atoms with E-state index in [9.17, 15) is 13.2 Å². The van der Waals surface area contributed by atoms with Gasteiger partial charge >= 0.3 is 0 Å². The summed E-state index contributed by atoms with van der Waals surface area (Å²) in [6.07, 6.45) is 0.367. The van der Waals surface area contributed by atoms with Gasteiger partial charge in [0.2, 0.25) is 15.9 Å². The third-order valence-corrected chi connectivity index (χ3v) is 7.89. The molecule has 1 amide bonds. The van der Waals surface area contributed by atoms with Crippen LogP contribution in [0.15, 0.2) is 58.8 Å². The molecule has 31 heavy (non-hydrogen) atoms. The van der Waals surface area contributed by atoms with Crippen LogP contribution in [0.4, 0.5) is 11.5 Å². The fraction of sp³-hybridized carbons (Fsp3) is 0.286. The van der Waals surface area contributed by atoms with Crippen LogP contribution in [-0.4, -0.2) is 55.0 Å². The number of nitrogens with one attached hydrogen (secondary N) is 1. The summed E-state index contributed by atoms with van der Waals surface area (Å²) in [5, 5.41) is 13.3. The first-order chi connectivity index (χ1) is 15.0. The van der Waals surface area contributed by atoms with Crippen LogP contribution in [0.1, 0.15) is 13.3 Å². The molecule has 0 spiro atoms. The molecule has 2 aromatic heterocycles. The van der Waals surface area contributed by atoms with Crippen LogP contribution >= 0.6 is 11.3 Å². The van der Waals surface area contributed by atoms with Crippen molar-refractivity contribution < 1.29 is 13.2 Å². The predicted octanol–water partition coefficient (Wildman–Crippen LogP) is 3.06. The van der Waals surface area contributed by atoms with Gasteiger partial charge < -0.3 is 10.2 Å². The highest BCUT2D eigenvalue weighted by atomic mass is 32.2. The Morgan fingerprint density at radius 1 is 1.03 bits per heavy atom. The highest BCUT2D eigenvalue weighted by molar-refractivity contribution is 7.89. The van der Waals surface area contributed by atoms with Crippen LogP contribution < -0.4 is 10.2 Å². The molecule has 1 aliphatic rings. The molecule has 1 saturated heterocycles. The number of sulfonamides is 1. The monoisotopic (exact) mass is 457 g/mol. The highest BCUT2D eigenvalue weighted by Gasteiger charge is 2.29. The zero-order chi connectivity index (χ0) is 21.8. The Labute approximate surface area is 185 Å². The van der Waals surface area contributed by atoms with Gasteiger partial charge in [0.15, 0.2) is 5.82 Å². The van der Waals surface area contributed by atoms with E-state index in [2.05, 4.69) is 15.5 Å². The summed E-state index contributed by atoms with van der Waals surface area (Å²) in [5.74, 6) is 0.631. The van der Waals surface area contributed by atoms with E-state index >= 15 is 0 Å². The van der Waals surface area contributed by atoms with Crippen LogP contribution in [-0.2, 0) is 14.8 Å². The number of aromatic nitrogens is 2. The van der Waals surface area contributed by atoms with Gasteiger partial charge in [-0.25, -0.2) is 8.42 Å². The molecular weight excluding hydrogens is 434 g/mol. The van der Waals surface area contributed by atoms with Gasteiger partial charge in [-0.1, -0.05) is 13.0 Å². The van der Waals surface area contributed by atoms with Gasteiger partial charge in [0.1, 0.15) is 5.69 Å². The van der Waals surface area contributed by atoms with E-state index in [-0.39, 0.29) is 10.8 Å². The van der Waals surface area contributed by atoms with Crippen LogP contribution in [0.3, 0.4) is 0 Å². The Balaban J connectivity index is 1.39. The molecule has 1 fully saturated rings. The van der Waals surface area contributed by atoms with Crippen molar-refractivity contribution in [2.24, 2.45) is 0 Å². The van der Waals surface area contributed by atoms with Gasteiger partial charge in [-0.3, -0.25) is 4.79 Å². The van der Waals surface area contributed by atoms with Crippen molar-refractivity contribution in [2.75, 3.05) is 36.4 Å². The van der Waals surface area contributed by atoms with Crippen LogP contribution in [0.25, 0.3) is 10.6 Å². The molecule has 0 atom stereocenters. The Kier molecular flexibility index (Phi) is 6.30. The number of hydrogen-bond donors (Lipinski definition) is 1. The first-order valence-corrected chi connectivity index (χ1v) is 12.3. The number of carbonyl (C=O) groups is 1. The molecule has 3 aromatic rings. The molecule has 0 unspecified atom stereocenters. The van der Waals surface area contributed by atoms with Crippen LogP contribution in [0.2, 0.25) is 0 Å². The van der Waals surface area contributed by atoms with Gasteiger partial charge in [-0.15, -0.1) is 21.5 Å². The third-order valence-electron chi connectivity index (χ3n) is 5.08. The van der Waals surface area contributed by atoms with Gasteiger partial charge in [-0.2, -0.15) is 4.31 Å². The lowest BCUT2D eigenvalue weighted by Gasteiger charge is -2.34. The first-order valence-electron chi connectivity index (χ1n) is 10.00. The Hall–Kier alpha value is -2.82. The smallest absolute Gasteiger partial charge is 0.243 e. The van der Waals surface area contributed by atoms with Crippen molar-refractivity contribution in [3.63, 3.8) is 0 Å². The average Bonchev–Trinajstić information content (AvgIpc) is 3.35. The number of piperazine rings is 1. The van der Waals surface area contributed by atoms with Crippen molar-refractivity contribution in [1.29, 1.82) is 0 Å². The standard InChI is InChI=1S/C21H23N5O3S2/c1-2-21(27)22-16-5-7-17(8-6-16)31(28,29)26-13-11-25(12-14-26)20-10-9-18(23-24-20)19-4-3-15-30-19/h3-10,15H,2,11-14H2,1H3,(H,22,27). The van der Waals surface area contributed by atoms with E-state index in [4.69, 9.17) is 0 Å². The van der Waals surface area contributed by atoms with Crippen molar-refractivity contribution in [3.8, 4) is 10.6 Å². The summed E-state index contributed by atoms with van der Waals surface area (Å²) in [6.45, 7) is 3.57. The van der Waals surface area contributed by atoms with E-state index in [1.165, 1.54) is 16.4 Å². The third kappa shape index (κ3) is 4.76. The highest BCUT2D eigenvalue weighted by Crippen LogP contribution is 2.25. The molecule has 1 aliphatic heterocycles. The minimum absolute atomic E-state index is 0.113. The fourth-order valence-electron chi connectivity index (χ4n) is 3.32. The molecular formula is C21H23N5O3S2. The molecule has 10 heteroatoms. The number of nitrogens with zero attached hydrogens (tertiary/aromatic N) is 4. The molecule has 0 radical (unpaired) electrons. The number of hydrogen-bond acceptors (Lipinski definition) is 7. The average molecular weight is 458 g/mol. The second-order valence-electron chi connectivity index (χ2n) is 7.07. The topological polar surface area (TPSA) is 95.5 Å². The molecule has 3 heterocycles. The van der Waals surface area contributed by atoms with Crippen molar-refractivity contribution in [2.45, 2.75) is 18.2 Å². The second kappa shape index (κ2) is 9.13. The van der Waals surface area contributed by atoms with E-state index in [1.807, 2.05) is 34.5 Å². The maximum Gasteiger partial charge on any atom is 0.243 e. The maximum atomic E-state index is 13.0. The second-order valence-corrected chi connectivity index (χ2v) is 9.96. The number of carbonyl (C=O) groups excluding carboxylic acids is 1. The number of benzene rings is 1. The summed E-state index contributed by atoms with van der Waals surface area (Å²) in [5.41, 5.74) is 1.42. The van der Waals surface area contributed by atoms with Crippen LogP contribution in [0, 0.1) is 0 Å². The molecule has 1 N–H and O–H groups in total. The summed E-state index contributed by atoms with van der Waals surface area (Å²) in [6, 6.07) is 14.1. The molecule has 0 bridgehead atoms. The van der Waals surface area contributed by atoms with Gasteiger partial charge in [-0.05, 0) is 47.8 Å². The molecule has 162 valence electrons. The summed E-state index contributed by atoms with van der Waals surface area (Å²) >= 11 is 1.61. The first kappa shape index (κ1) is 21.4. The van der Waals surface area contributed by atoms with E-state index in [0.717, 1.165) is 16.4 Å². The minimum Gasteiger partial charge on any atom is -0.352 e. The lowest BCUT2D eigenvalue weighted by Crippen LogP contribution is -2.49. The summed E-state index contributed by atoms with van der Waals surface area (Å²) < 4.78 is 27.5. The van der Waals surface area contributed by atoms with Gasteiger partial charge in [0.05, 0.1) is 9.77 Å². The number of rotatable bonds is 6. The zero-order valence-electron chi connectivity index (χ0n) is 17.1. The van der Waals surface area contributed by atoms with Crippen molar-refractivity contribution in [3.05, 3.63) is 53.9 Å². The molecule has 0 saturated carbocycles. The minimum atomic E-state index is -3.60. The summed E-state index contributed by atoms with van der Waals surface area (Å²) in [7, 11) is -3.60. The predicted molar refractivity (Wildman–Crippen MR) is 122 cm³/mol. The molecule has 0 aliphatic carbocycles. The quantitative estimate of drug-likeness (QED) is 0.611. The van der Waals surface area contributed by atoms with Gasteiger partial charge in [0, 0.05) is 38.3 Å². The molecule has 4 rings (SSSR count). The lowest BCUT2D eigenvalue weighted by atomic mass is 10.3. The van der Waals surface area contributed by atoms with E-state index in [0.29, 0.717) is 38.3 Å². The zero-order valence-corrected chi connectivity index (χ0v) is 18.7. The summed E-state index contributed by atoms with van der Waals surface area (Å²) in [4.78, 5) is 14.8. The SMILES string of the molecule is CCC(=O)Nc1ccc(S(=O)(=O)N2CCN(c3ccc(-c4cccs4)nn3)CC2)cc1. The number of thiophene rings is 1. The Bertz CT molecular complexity index is 1120. The Morgan fingerprint density at radius 3 is 2.35 bits per heavy atom. The van der Waals surface area contributed by atoms with Crippen molar-refractivity contribution >= 4 is 38.8 Å². The maximum absolute atomic E-state index is 13.0. The van der Waals surface area contributed by atoms with Gasteiger partial charge in [0.25, 0.3) is 0 Å².